The lowest BCUT2D eigenvalue weighted by atomic mass is 10.2. The number of halogens is 4. The molecule has 0 unspecified atom stereocenters. The zero-order valence-electron chi connectivity index (χ0n) is 9.30. The Kier molecular flexibility index (Phi) is 6.12. The van der Waals surface area contributed by atoms with Crippen molar-refractivity contribution in [1.29, 1.82) is 0 Å². The Hall–Kier alpha value is -1.14. The Morgan fingerprint density at radius 3 is 2.41 bits per heavy atom. The van der Waals surface area contributed by atoms with E-state index in [0.29, 0.717) is 17.9 Å². The SMILES string of the molecule is CNCc1cc(OC(F)(F)F)ccc1OC.Cl. The van der Waals surface area contributed by atoms with Crippen LogP contribution in [0.25, 0.3) is 0 Å². The fraction of sp³-hybridized carbons (Fsp3) is 0.400. The third-order valence-corrected chi connectivity index (χ3v) is 1.85. The molecule has 0 aliphatic heterocycles. The maximum atomic E-state index is 12.0. The van der Waals surface area contributed by atoms with Gasteiger partial charge < -0.3 is 14.8 Å². The van der Waals surface area contributed by atoms with Crippen LogP contribution in [-0.4, -0.2) is 20.5 Å². The molecule has 1 rings (SSSR count). The van der Waals surface area contributed by atoms with Crippen LogP contribution in [0.5, 0.6) is 11.5 Å². The highest BCUT2D eigenvalue weighted by Crippen LogP contribution is 2.28. The molecule has 0 heterocycles. The van der Waals surface area contributed by atoms with Crippen molar-refractivity contribution in [3.63, 3.8) is 0 Å². The standard InChI is InChI=1S/C10H12F3NO2.ClH/c1-14-6-7-5-8(16-10(11,12)13)3-4-9(7)15-2;/h3-5,14H,6H2,1-2H3;1H. The van der Waals surface area contributed by atoms with Crippen molar-refractivity contribution in [3.05, 3.63) is 23.8 Å². The van der Waals surface area contributed by atoms with Gasteiger partial charge in [-0.2, -0.15) is 0 Å². The summed E-state index contributed by atoms with van der Waals surface area (Å²) in [7, 11) is 3.15. The minimum Gasteiger partial charge on any atom is -0.496 e. The zero-order chi connectivity index (χ0) is 12.2. The molecule has 1 aromatic rings. The highest BCUT2D eigenvalue weighted by molar-refractivity contribution is 5.85. The van der Waals surface area contributed by atoms with Crippen molar-refractivity contribution in [2.24, 2.45) is 0 Å². The number of rotatable bonds is 4. The summed E-state index contributed by atoms with van der Waals surface area (Å²) >= 11 is 0. The molecule has 0 spiro atoms. The smallest absolute Gasteiger partial charge is 0.496 e. The summed E-state index contributed by atoms with van der Waals surface area (Å²) in [5, 5.41) is 2.83. The van der Waals surface area contributed by atoms with E-state index in [2.05, 4.69) is 10.1 Å². The van der Waals surface area contributed by atoms with Crippen LogP contribution in [0.1, 0.15) is 5.56 Å². The number of benzene rings is 1. The average Bonchev–Trinajstić information content (AvgIpc) is 2.16. The van der Waals surface area contributed by atoms with Crippen LogP contribution < -0.4 is 14.8 Å². The number of hydrogen-bond donors (Lipinski definition) is 1. The molecule has 1 aromatic carbocycles. The van der Waals surface area contributed by atoms with Gasteiger partial charge in [-0.05, 0) is 25.2 Å². The molecule has 17 heavy (non-hydrogen) atoms. The lowest BCUT2D eigenvalue weighted by Gasteiger charge is -2.12. The molecule has 0 atom stereocenters. The summed E-state index contributed by atoms with van der Waals surface area (Å²) in [6.45, 7) is 0.401. The molecule has 0 saturated carbocycles. The molecule has 98 valence electrons. The van der Waals surface area contributed by atoms with Crippen LogP contribution in [-0.2, 0) is 6.54 Å². The van der Waals surface area contributed by atoms with Crippen LogP contribution in [0.4, 0.5) is 13.2 Å². The number of ether oxygens (including phenoxy) is 2. The van der Waals surface area contributed by atoms with Gasteiger partial charge in [-0.3, -0.25) is 0 Å². The van der Waals surface area contributed by atoms with Gasteiger partial charge in [-0.15, -0.1) is 25.6 Å². The molecular weight excluding hydrogens is 259 g/mol. The van der Waals surface area contributed by atoms with Crippen molar-refractivity contribution in [2.75, 3.05) is 14.2 Å². The Morgan fingerprint density at radius 2 is 1.94 bits per heavy atom. The molecule has 0 saturated heterocycles. The first-order valence-corrected chi connectivity index (χ1v) is 4.53. The van der Waals surface area contributed by atoms with Gasteiger partial charge in [0.25, 0.3) is 0 Å². The van der Waals surface area contributed by atoms with E-state index in [4.69, 9.17) is 4.74 Å². The van der Waals surface area contributed by atoms with E-state index < -0.39 is 6.36 Å². The van der Waals surface area contributed by atoms with E-state index in [-0.39, 0.29) is 18.2 Å². The van der Waals surface area contributed by atoms with Gasteiger partial charge in [0.2, 0.25) is 0 Å². The van der Waals surface area contributed by atoms with E-state index in [1.807, 2.05) is 0 Å². The second kappa shape index (κ2) is 6.56. The molecule has 0 fully saturated rings. The first-order valence-electron chi connectivity index (χ1n) is 4.53. The topological polar surface area (TPSA) is 30.5 Å². The Bertz CT molecular complexity index is 358. The summed E-state index contributed by atoms with van der Waals surface area (Å²) in [5.41, 5.74) is 0.603. The molecule has 0 amide bonds. The van der Waals surface area contributed by atoms with E-state index in [1.54, 1.807) is 7.05 Å². The van der Waals surface area contributed by atoms with Crippen molar-refractivity contribution in [3.8, 4) is 11.5 Å². The van der Waals surface area contributed by atoms with Gasteiger partial charge in [0.15, 0.2) is 0 Å². The minimum atomic E-state index is -4.68. The number of hydrogen-bond acceptors (Lipinski definition) is 3. The predicted molar refractivity (Wildman–Crippen MR) is 59.7 cm³/mol. The molecule has 7 heteroatoms. The summed E-state index contributed by atoms with van der Waals surface area (Å²) in [6.07, 6.45) is -4.68. The van der Waals surface area contributed by atoms with Gasteiger partial charge >= 0.3 is 6.36 Å². The minimum absolute atomic E-state index is 0. The maximum Gasteiger partial charge on any atom is 0.573 e. The fourth-order valence-electron chi connectivity index (χ4n) is 1.28. The van der Waals surface area contributed by atoms with Gasteiger partial charge in [-0.1, -0.05) is 0 Å². The Balaban J connectivity index is 0.00000256. The van der Waals surface area contributed by atoms with Crippen LogP contribution in [0, 0.1) is 0 Å². The van der Waals surface area contributed by atoms with E-state index in [1.165, 1.54) is 25.3 Å². The quantitative estimate of drug-likeness (QED) is 0.913. The normalized spacial score (nSPS) is 10.6. The van der Waals surface area contributed by atoms with E-state index in [0.717, 1.165) is 0 Å². The number of nitrogens with one attached hydrogen (secondary N) is 1. The molecule has 0 radical (unpaired) electrons. The molecule has 0 aromatic heterocycles. The number of methoxy groups -OCH3 is 1. The largest absolute Gasteiger partial charge is 0.573 e. The maximum absolute atomic E-state index is 12.0. The third-order valence-electron chi connectivity index (χ3n) is 1.85. The fourth-order valence-corrected chi connectivity index (χ4v) is 1.28. The lowest BCUT2D eigenvalue weighted by Crippen LogP contribution is -2.17. The lowest BCUT2D eigenvalue weighted by molar-refractivity contribution is -0.274. The van der Waals surface area contributed by atoms with Gasteiger partial charge in [0.1, 0.15) is 11.5 Å². The molecule has 0 bridgehead atoms. The van der Waals surface area contributed by atoms with Crippen molar-refractivity contribution in [1.82, 2.24) is 5.32 Å². The molecule has 0 aliphatic carbocycles. The summed E-state index contributed by atoms with van der Waals surface area (Å²) in [5.74, 6) is 0.266. The van der Waals surface area contributed by atoms with E-state index >= 15 is 0 Å². The summed E-state index contributed by atoms with van der Waals surface area (Å²) < 4.78 is 44.7. The van der Waals surface area contributed by atoms with Crippen LogP contribution in [0.3, 0.4) is 0 Å². The summed E-state index contributed by atoms with van der Waals surface area (Å²) in [6, 6.07) is 3.95. The van der Waals surface area contributed by atoms with Gasteiger partial charge in [0, 0.05) is 12.1 Å². The molecule has 3 nitrogen and oxygen atoms in total. The second-order valence-electron chi connectivity index (χ2n) is 3.05. The first-order chi connectivity index (χ1) is 7.46. The highest BCUT2D eigenvalue weighted by Gasteiger charge is 2.31. The monoisotopic (exact) mass is 271 g/mol. The molecular formula is C10H13ClF3NO2. The Morgan fingerprint density at radius 1 is 1.29 bits per heavy atom. The first kappa shape index (κ1) is 15.9. The van der Waals surface area contributed by atoms with Gasteiger partial charge in [-0.25, -0.2) is 0 Å². The van der Waals surface area contributed by atoms with Crippen LogP contribution in [0.2, 0.25) is 0 Å². The van der Waals surface area contributed by atoms with Crippen LogP contribution >= 0.6 is 12.4 Å². The Labute approximate surface area is 103 Å². The molecule has 0 aliphatic rings. The average molecular weight is 272 g/mol. The zero-order valence-corrected chi connectivity index (χ0v) is 10.1. The van der Waals surface area contributed by atoms with E-state index in [9.17, 15) is 13.2 Å². The van der Waals surface area contributed by atoms with Crippen molar-refractivity contribution >= 4 is 12.4 Å². The highest BCUT2D eigenvalue weighted by atomic mass is 35.5. The van der Waals surface area contributed by atoms with Crippen LogP contribution in [0.15, 0.2) is 18.2 Å². The number of alkyl halides is 3. The van der Waals surface area contributed by atoms with Gasteiger partial charge in [0.05, 0.1) is 7.11 Å². The van der Waals surface area contributed by atoms with Crippen molar-refractivity contribution < 1.29 is 22.6 Å². The molecule has 1 N–H and O–H groups in total. The predicted octanol–water partition coefficient (Wildman–Crippen LogP) is 2.74. The summed E-state index contributed by atoms with van der Waals surface area (Å²) in [4.78, 5) is 0. The third kappa shape index (κ3) is 5.14. The van der Waals surface area contributed by atoms with Crippen molar-refractivity contribution in [2.45, 2.75) is 12.9 Å². The second-order valence-corrected chi connectivity index (χ2v) is 3.05.